The first-order chi connectivity index (χ1) is 7.61. The van der Waals surface area contributed by atoms with Gasteiger partial charge in [0.15, 0.2) is 0 Å². The van der Waals surface area contributed by atoms with Crippen LogP contribution in [0.5, 0.6) is 0 Å². The number of aromatic nitrogens is 1. The van der Waals surface area contributed by atoms with E-state index in [1.807, 2.05) is 6.92 Å². The van der Waals surface area contributed by atoms with Gasteiger partial charge in [-0.1, -0.05) is 15.9 Å². The van der Waals surface area contributed by atoms with E-state index in [0.717, 1.165) is 11.0 Å². The fraction of sp³-hybridized carbons (Fsp3) is 0.385. The molecule has 2 aromatic rings. The lowest BCUT2D eigenvalue weighted by atomic mass is 10.2. The molecule has 1 unspecified atom stereocenters. The molecule has 3 heteroatoms. The molecule has 1 atom stereocenters. The standard InChI is InChI=1S/C13H16BrNO/c1-3-15-12(6-9(2)16)8-10-7-11(14)4-5-13(10)15/h4-5,7-9,16H,3,6H2,1-2H3. The number of hydrogen-bond acceptors (Lipinski definition) is 1. The molecule has 1 aromatic heterocycles. The van der Waals surface area contributed by atoms with Crippen LogP contribution in [0.15, 0.2) is 28.7 Å². The highest BCUT2D eigenvalue weighted by atomic mass is 79.9. The van der Waals surface area contributed by atoms with Gasteiger partial charge in [-0.2, -0.15) is 0 Å². The van der Waals surface area contributed by atoms with Crippen molar-refractivity contribution in [2.24, 2.45) is 0 Å². The highest BCUT2D eigenvalue weighted by molar-refractivity contribution is 9.10. The maximum atomic E-state index is 9.48. The SMILES string of the molecule is CCn1c(CC(C)O)cc2cc(Br)ccc21. The molecule has 1 heterocycles. The molecule has 0 aliphatic rings. The average molecular weight is 282 g/mol. The summed E-state index contributed by atoms with van der Waals surface area (Å²) in [5.41, 5.74) is 2.44. The summed E-state index contributed by atoms with van der Waals surface area (Å²) in [6, 6.07) is 8.46. The number of aliphatic hydroxyl groups is 1. The molecule has 1 aromatic carbocycles. The van der Waals surface area contributed by atoms with Crippen molar-refractivity contribution < 1.29 is 5.11 Å². The first-order valence-corrected chi connectivity index (χ1v) is 6.37. The normalized spacial score (nSPS) is 13.2. The molecule has 0 aliphatic heterocycles. The summed E-state index contributed by atoms with van der Waals surface area (Å²) in [6.07, 6.45) is 0.415. The van der Waals surface area contributed by atoms with E-state index in [4.69, 9.17) is 0 Å². The number of aliphatic hydroxyl groups excluding tert-OH is 1. The first-order valence-electron chi connectivity index (χ1n) is 5.57. The van der Waals surface area contributed by atoms with E-state index in [0.29, 0.717) is 6.42 Å². The Balaban J connectivity index is 2.56. The number of fused-ring (bicyclic) bond motifs is 1. The van der Waals surface area contributed by atoms with Crippen LogP contribution in [0.4, 0.5) is 0 Å². The Kier molecular flexibility index (Phi) is 3.36. The van der Waals surface area contributed by atoms with Crippen molar-refractivity contribution in [3.05, 3.63) is 34.4 Å². The van der Waals surface area contributed by atoms with Crippen LogP contribution in [-0.2, 0) is 13.0 Å². The van der Waals surface area contributed by atoms with Crippen LogP contribution in [0, 0.1) is 0 Å². The van der Waals surface area contributed by atoms with Gasteiger partial charge in [-0.25, -0.2) is 0 Å². The van der Waals surface area contributed by atoms with Crippen molar-refractivity contribution in [1.29, 1.82) is 0 Å². The third-order valence-corrected chi connectivity index (χ3v) is 3.26. The summed E-state index contributed by atoms with van der Waals surface area (Å²) in [7, 11) is 0. The van der Waals surface area contributed by atoms with Crippen LogP contribution in [0.25, 0.3) is 10.9 Å². The molecule has 1 N–H and O–H groups in total. The molecule has 0 radical (unpaired) electrons. The van der Waals surface area contributed by atoms with Crippen molar-refractivity contribution >= 4 is 26.8 Å². The second-order valence-corrected chi connectivity index (χ2v) is 5.05. The van der Waals surface area contributed by atoms with E-state index in [9.17, 15) is 5.11 Å². The van der Waals surface area contributed by atoms with Gasteiger partial charge in [0.05, 0.1) is 6.10 Å². The Hall–Kier alpha value is -0.800. The molecule has 86 valence electrons. The summed E-state index contributed by atoms with van der Waals surface area (Å²) in [5, 5.41) is 10.7. The van der Waals surface area contributed by atoms with Crippen molar-refractivity contribution in [1.82, 2.24) is 4.57 Å². The second kappa shape index (κ2) is 4.60. The number of benzene rings is 1. The predicted molar refractivity (Wildman–Crippen MR) is 70.7 cm³/mol. The largest absolute Gasteiger partial charge is 0.393 e. The molecule has 0 aliphatic carbocycles. The van der Waals surface area contributed by atoms with Crippen LogP contribution in [-0.4, -0.2) is 15.8 Å². The van der Waals surface area contributed by atoms with Gasteiger partial charge in [-0.3, -0.25) is 0 Å². The minimum Gasteiger partial charge on any atom is -0.393 e. The van der Waals surface area contributed by atoms with E-state index < -0.39 is 0 Å². The zero-order valence-electron chi connectivity index (χ0n) is 9.57. The van der Waals surface area contributed by atoms with Gasteiger partial charge >= 0.3 is 0 Å². The number of aryl methyl sites for hydroxylation is 1. The third-order valence-electron chi connectivity index (χ3n) is 2.77. The van der Waals surface area contributed by atoms with Gasteiger partial charge < -0.3 is 9.67 Å². The first kappa shape index (κ1) is 11.7. The van der Waals surface area contributed by atoms with Crippen molar-refractivity contribution in [2.75, 3.05) is 0 Å². The van der Waals surface area contributed by atoms with Crippen LogP contribution in [0.3, 0.4) is 0 Å². The highest BCUT2D eigenvalue weighted by Crippen LogP contribution is 2.24. The van der Waals surface area contributed by atoms with Crippen molar-refractivity contribution in [2.45, 2.75) is 32.9 Å². The summed E-state index contributed by atoms with van der Waals surface area (Å²) in [6.45, 7) is 4.90. The van der Waals surface area contributed by atoms with Gasteiger partial charge in [0.1, 0.15) is 0 Å². The van der Waals surface area contributed by atoms with Gasteiger partial charge in [0.2, 0.25) is 0 Å². The summed E-state index contributed by atoms with van der Waals surface area (Å²) in [4.78, 5) is 0. The number of hydrogen-bond donors (Lipinski definition) is 1. The monoisotopic (exact) mass is 281 g/mol. The number of halogens is 1. The summed E-state index contributed by atoms with van der Waals surface area (Å²) in [5.74, 6) is 0. The zero-order valence-corrected chi connectivity index (χ0v) is 11.2. The molecule has 0 spiro atoms. The lowest BCUT2D eigenvalue weighted by molar-refractivity contribution is 0.193. The molecule has 0 saturated heterocycles. The maximum Gasteiger partial charge on any atom is 0.0566 e. The fourth-order valence-corrected chi connectivity index (χ4v) is 2.52. The van der Waals surface area contributed by atoms with Gasteiger partial charge in [0.25, 0.3) is 0 Å². The topological polar surface area (TPSA) is 25.2 Å². The smallest absolute Gasteiger partial charge is 0.0566 e. The summed E-state index contributed by atoms with van der Waals surface area (Å²) < 4.78 is 3.35. The number of nitrogens with zero attached hydrogens (tertiary/aromatic N) is 1. The summed E-state index contributed by atoms with van der Waals surface area (Å²) >= 11 is 3.48. The van der Waals surface area contributed by atoms with E-state index in [-0.39, 0.29) is 6.10 Å². The quantitative estimate of drug-likeness (QED) is 0.917. The lowest BCUT2D eigenvalue weighted by Gasteiger charge is -2.09. The van der Waals surface area contributed by atoms with Gasteiger partial charge in [-0.05, 0) is 38.1 Å². The predicted octanol–water partition coefficient (Wildman–Crippen LogP) is 3.35. The average Bonchev–Trinajstić information content (AvgIpc) is 2.52. The van der Waals surface area contributed by atoms with E-state index in [1.165, 1.54) is 16.6 Å². The van der Waals surface area contributed by atoms with Crippen LogP contribution in [0.1, 0.15) is 19.5 Å². The van der Waals surface area contributed by atoms with Crippen LogP contribution in [0.2, 0.25) is 0 Å². The van der Waals surface area contributed by atoms with Gasteiger partial charge in [-0.15, -0.1) is 0 Å². The van der Waals surface area contributed by atoms with Gasteiger partial charge in [0, 0.05) is 34.0 Å². The Morgan fingerprint density at radius 1 is 1.38 bits per heavy atom. The molecule has 2 nitrogen and oxygen atoms in total. The molecule has 0 saturated carbocycles. The minimum atomic E-state index is -0.293. The second-order valence-electron chi connectivity index (χ2n) is 4.14. The van der Waals surface area contributed by atoms with Crippen LogP contribution < -0.4 is 0 Å². The van der Waals surface area contributed by atoms with E-state index in [2.05, 4.69) is 51.7 Å². The molecular formula is C13H16BrNO. The Morgan fingerprint density at radius 3 is 2.75 bits per heavy atom. The Labute approximate surface area is 104 Å². The van der Waals surface area contributed by atoms with Crippen LogP contribution >= 0.6 is 15.9 Å². The highest BCUT2D eigenvalue weighted by Gasteiger charge is 2.09. The molecule has 16 heavy (non-hydrogen) atoms. The Morgan fingerprint density at radius 2 is 2.12 bits per heavy atom. The Bertz CT molecular complexity index is 502. The molecule has 0 fully saturated rings. The van der Waals surface area contributed by atoms with Crippen molar-refractivity contribution in [3.63, 3.8) is 0 Å². The van der Waals surface area contributed by atoms with E-state index >= 15 is 0 Å². The van der Waals surface area contributed by atoms with E-state index in [1.54, 1.807) is 0 Å². The zero-order chi connectivity index (χ0) is 11.7. The molecule has 2 rings (SSSR count). The molecule has 0 bridgehead atoms. The minimum absolute atomic E-state index is 0.293. The molecular weight excluding hydrogens is 266 g/mol. The third kappa shape index (κ3) is 2.15. The number of rotatable bonds is 3. The van der Waals surface area contributed by atoms with Crippen molar-refractivity contribution in [3.8, 4) is 0 Å². The molecule has 0 amide bonds. The fourth-order valence-electron chi connectivity index (χ4n) is 2.14. The lowest BCUT2D eigenvalue weighted by Crippen LogP contribution is -2.09. The maximum absolute atomic E-state index is 9.48.